The number of benzene rings is 2. The van der Waals surface area contributed by atoms with Crippen LogP contribution in [0.3, 0.4) is 0 Å². The average molecular weight is 453 g/mol. The maximum atomic E-state index is 12.9. The molecule has 164 valence electrons. The van der Waals surface area contributed by atoms with E-state index in [2.05, 4.69) is 15.3 Å². The van der Waals surface area contributed by atoms with Crippen LogP contribution in [0.5, 0.6) is 5.75 Å². The van der Waals surface area contributed by atoms with Gasteiger partial charge in [0.05, 0.1) is 25.3 Å². The van der Waals surface area contributed by atoms with Crippen molar-refractivity contribution in [3.05, 3.63) is 65.6 Å². The van der Waals surface area contributed by atoms with Gasteiger partial charge in [0, 0.05) is 40.5 Å². The van der Waals surface area contributed by atoms with Crippen molar-refractivity contribution in [1.29, 1.82) is 0 Å². The number of imidazole rings is 1. The molecule has 4 aromatic rings. The number of amides is 1. The zero-order valence-corrected chi connectivity index (χ0v) is 18.3. The Labute approximate surface area is 189 Å². The van der Waals surface area contributed by atoms with E-state index in [1.54, 1.807) is 24.4 Å². The number of halogens is 1. The summed E-state index contributed by atoms with van der Waals surface area (Å²) in [4.78, 5) is 31.6. The first kappa shape index (κ1) is 21.5. The van der Waals surface area contributed by atoms with E-state index in [4.69, 9.17) is 21.1 Å². The monoisotopic (exact) mass is 452 g/mol. The van der Waals surface area contributed by atoms with Gasteiger partial charge in [0.15, 0.2) is 0 Å². The van der Waals surface area contributed by atoms with E-state index in [-0.39, 0.29) is 12.4 Å². The van der Waals surface area contributed by atoms with E-state index in [0.29, 0.717) is 34.3 Å². The molecule has 0 radical (unpaired) electrons. The molecule has 0 saturated heterocycles. The smallest absolute Gasteiger partial charge is 0.418 e. The molecule has 0 spiro atoms. The lowest BCUT2D eigenvalue weighted by Crippen LogP contribution is -2.20. The number of aryl methyl sites for hydroxylation is 2. The third-order valence-electron chi connectivity index (χ3n) is 5.17. The number of methoxy groups -OCH3 is 1. The summed E-state index contributed by atoms with van der Waals surface area (Å²) in [6, 6.07) is 12.7. The highest BCUT2D eigenvalue weighted by Gasteiger charge is 2.20. The van der Waals surface area contributed by atoms with Crippen LogP contribution in [-0.4, -0.2) is 33.7 Å². The molecule has 0 atom stereocenters. The fraction of sp³-hybridized carbons (Fsp3) is 0.174. The first-order valence-electron chi connectivity index (χ1n) is 9.88. The number of hydrogen-bond acceptors (Lipinski definition) is 5. The predicted octanol–water partition coefficient (Wildman–Crippen LogP) is 4.94. The third-order valence-corrected chi connectivity index (χ3v) is 5.41. The van der Waals surface area contributed by atoms with Crippen LogP contribution in [0.4, 0.5) is 10.6 Å². The second-order valence-corrected chi connectivity index (χ2v) is 7.54. The number of anilines is 1. The minimum absolute atomic E-state index is 0.190. The van der Waals surface area contributed by atoms with E-state index < -0.39 is 6.09 Å². The topological polar surface area (TPSA) is 98.2 Å². The summed E-state index contributed by atoms with van der Waals surface area (Å²) >= 11 is 6.13. The van der Waals surface area contributed by atoms with Crippen LogP contribution in [0.1, 0.15) is 12.0 Å². The Morgan fingerprint density at radius 2 is 2.03 bits per heavy atom. The van der Waals surface area contributed by atoms with Gasteiger partial charge in [-0.1, -0.05) is 29.8 Å². The van der Waals surface area contributed by atoms with E-state index >= 15 is 0 Å². The van der Waals surface area contributed by atoms with Crippen LogP contribution in [-0.2, 0) is 23.0 Å². The lowest BCUT2D eigenvalue weighted by atomic mass is 10.1. The van der Waals surface area contributed by atoms with Gasteiger partial charge in [-0.3, -0.25) is 10.1 Å². The summed E-state index contributed by atoms with van der Waals surface area (Å²) < 4.78 is 12.3. The van der Waals surface area contributed by atoms with E-state index in [9.17, 15) is 9.59 Å². The van der Waals surface area contributed by atoms with Gasteiger partial charge in [0.25, 0.3) is 0 Å². The van der Waals surface area contributed by atoms with Crippen molar-refractivity contribution in [2.75, 3.05) is 12.4 Å². The van der Waals surface area contributed by atoms with Gasteiger partial charge in [-0.2, -0.15) is 0 Å². The van der Waals surface area contributed by atoms with Crippen LogP contribution in [0.25, 0.3) is 22.2 Å². The highest BCUT2D eigenvalue weighted by molar-refractivity contribution is 6.31. The Morgan fingerprint density at radius 1 is 1.22 bits per heavy atom. The maximum Gasteiger partial charge on any atom is 0.418 e. The number of aromatic nitrogens is 3. The molecule has 0 saturated carbocycles. The SMILES string of the molecule is COC(=O)CCc1c(NC(=O)Oc2ccc(Cl)cc2-c2cnc[nH]2)n(C)c2ccccc12. The van der Waals surface area contributed by atoms with Gasteiger partial charge in [0.2, 0.25) is 0 Å². The summed E-state index contributed by atoms with van der Waals surface area (Å²) in [5.74, 6) is 0.556. The van der Waals surface area contributed by atoms with Crippen molar-refractivity contribution in [2.45, 2.75) is 12.8 Å². The van der Waals surface area contributed by atoms with Gasteiger partial charge in [-0.25, -0.2) is 9.78 Å². The minimum Gasteiger partial charge on any atom is -0.469 e. The molecule has 0 bridgehead atoms. The molecule has 0 aliphatic rings. The van der Waals surface area contributed by atoms with Crippen LogP contribution < -0.4 is 10.1 Å². The summed E-state index contributed by atoms with van der Waals surface area (Å²) in [7, 11) is 3.20. The molecule has 0 fully saturated rings. The maximum absolute atomic E-state index is 12.9. The number of aromatic amines is 1. The number of carbonyl (C=O) groups is 2. The molecule has 4 rings (SSSR count). The van der Waals surface area contributed by atoms with Crippen LogP contribution >= 0.6 is 11.6 Å². The van der Waals surface area contributed by atoms with Crippen LogP contribution in [0, 0.1) is 0 Å². The molecule has 8 nitrogen and oxygen atoms in total. The summed E-state index contributed by atoms with van der Waals surface area (Å²) in [5.41, 5.74) is 3.02. The normalized spacial score (nSPS) is 10.8. The Balaban J connectivity index is 1.64. The lowest BCUT2D eigenvalue weighted by molar-refractivity contribution is -0.140. The molecule has 1 amide bonds. The molecule has 0 unspecified atom stereocenters. The number of carbonyl (C=O) groups excluding carboxylic acids is 2. The molecular formula is C23H21ClN4O4. The fourth-order valence-electron chi connectivity index (χ4n) is 3.64. The van der Waals surface area contributed by atoms with Gasteiger partial charge in [0.1, 0.15) is 11.6 Å². The second-order valence-electron chi connectivity index (χ2n) is 7.10. The number of fused-ring (bicyclic) bond motifs is 1. The first-order valence-corrected chi connectivity index (χ1v) is 10.3. The number of nitrogens with one attached hydrogen (secondary N) is 2. The zero-order chi connectivity index (χ0) is 22.7. The Bertz CT molecular complexity index is 1280. The molecule has 2 aromatic heterocycles. The Morgan fingerprint density at radius 3 is 2.78 bits per heavy atom. The fourth-order valence-corrected chi connectivity index (χ4v) is 3.81. The Hall–Kier alpha value is -3.78. The molecule has 2 aromatic carbocycles. The number of hydrogen-bond donors (Lipinski definition) is 2. The van der Waals surface area contributed by atoms with Crippen molar-refractivity contribution in [1.82, 2.24) is 14.5 Å². The second kappa shape index (κ2) is 9.15. The molecule has 32 heavy (non-hydrogen) atoms. The quantitative estimate of drug-likeness (QED) is 0.404. The van der Waals surface area contributed by atoms with Crippen molar-refractivity contribution < 1.29 is 19.1 Å². The number of H-pyrrole nitrogens is 1. The van der Waals surface area contributed by atoms with Crippen molar-refractivity contribution >= 4 is 40.4 Å². The summed E-state index contributed by atoms with van der Waals surface area (Å²) in [6.07, 6.45) is 3.08. The van der Waals surface area contributed by atoms with Gasteiger partial charge >= 0.3 is 12.1 Å². The number of esters is 1. The van der Waals surface area contributed by atoms with E-state index in [0.717, 1.165) is 16.5 Å². The highest BCUT2D eigenvalue weighted by atomic mass is 35.5. The molecule has 0 aliphatic carbocycles. The van der Waals surface area contributed by atoms with E-state index in [1.165, 1.54) is 13.4 Å². The van der Waals surface area contributed by atoms with Crippen LogP contribution in [0.2, 0.25) is 5.02 Å². The summed E-state index contributed by atoms with van der Waals surface area (Å²) in [5, 5.41) is 4.28. The van der Waals surface area contributed by atoms with Gasteiger partial charge in [-0.15, -0.1) is 0 Å². The highest BCUT2D eigenvalue weighted by Crippen LogP contribution is 2.33. The molecule has 2 heterocycles. The third kappa shape index (κ3) is 4.31. The zero-order valence-electron chi connectivity index (χ0n) is 17.5. The van der Waals surface area contributed by atoms with Crippen molar-refractivity contribution in [2.24, 2.45) is 7.05 Å². The van der Waals surface area contributed by atoms with Gasteiger partial charge < -0.3 is 19.0 Å². The number of para-hydroxylation sites is 1. The number of nitrogens with zero attached hydrogens (tertiary/aromatic N) is 2. The molecular weight excluding hydrogens is 432 g/mol. The standard InChI is InChI=1S/C23H21ClN4O4/c1-28-19-6-4-3-5-15(19)16(8-10-21(29)31-2)22(28)27-23(30)32-20-9-7-14(24)11-17(20)18-12-25-13-26-18/h3-7,9,11-13H,8,10H2,1-2H3,(H,25,26)(H,27,30). The van der Waals surface area contributed by atoms with Crippen LogP contribution in [0.15, 0.2) is 55.0 Å². The Kier molecular flexibility index (Phi) is 6.13. The molecule has 2 N–H and O–H groups in total. The number of ether oxygens (including phenoxy) is 2. The molecule has 9 heteroatoms. The van der Waals surface area contributed by atoms with Gasteiger partial charge in [-0.05, 0) is 30.7 Å². The van der Waals surface area contributed by atoms with E-state index in [1.807, 2.05) is 35.9 Å². The average Bonchev–Trinajstić information content (AvgIpc) is 3.41. The first-order chi connectivity index (χ1) is 15.5. The summed E-state index contributed by atoms with van der Waals surface area (Å²) in [6.45, 7) is 0. The van der Waals surface area contributed by atoms with Crippen molar-refractivity contribution in [3.63, 3.8) is 0 Å². The minimum atomic E-state index is -0.668. The predicted molar refractivity (Wildman–Crippen MR) is 122 cm³/mol. The van der Waals surface area contributed by atoms with Crippen molar-refractivity contribution in [3.8, 4) is 17.0 Å². The number of rotatable bonds is 6. The lowest BCUT2D eigenvalue weighted by Gasteiger charge is -2.12. The molecule has 0 aliphatic heterocycles. The largest absolute Gasteiger partial charge is 0.469 e.